The monoisotopic (exact) mass is 449 g/mol. The Balaban J connectivity index is 1.35. The fourth-order valence-corrected chi connectivity index (χ4v) is 4.48. The van der Waals surface area contributed by atoms with Gasteiger partial charge in [-0.25, -0.2) is 8.78 Å². The molecule has 3 aromatic carbocycles. The number of rotatable bonds is 5. The zero-order valence-electron chi connectivity index (χ0n) is 18.3. The van der Waals surface area contributed by atoms with E-state index in [9.17, 15) is 13.6 Å². The Kier molecular flexibility index (Phi) is 6.20. The van der Waals surface area contributed by atoms with Gasteiger partial charge < -0.3 is 9.47 Å². The van der Waals surface area contributed by atoms with Gasteiger partial charge in [-0.1, -0.05) is 12.1 Å². The van der Waals surface area contributed by atoms with Crippen molar-refractivity contribution in [3.05, 3.63) is 94.0 Å². The number of fused-ring (bicyclic) bond motifs is 2. The lowest BCUT2D eigenvalue weighted by Gasteiger charge is -2.26. The minimum atomic E-state index is -0.766. The lowest BCUT2D eigenvalue weighted by Crippen LogP contribution is -2.37. The standard InChI is InChI=1S/C27H25F2NO3/c28-21-5-8-26(25(29)17-21)33-22-6-7-23-20(16-22)4-3-19-2-1-18(15-24(19)27(23)31)9-10-30-11-13-32-14-12-30/h1-2,5-8,15-17H,3-4,9-14H2. The summed E-state index contributed by atoms with van der Waals surface area (Å²) >= 11 is 0. The maximum atomic E-state index is 14.0. The van der Waals surface area contributed by atoms with Crippen molar-refractivity contribution in [2.24, 2.45) is 0 Å². The van der Waals surface area contributed by atoms with Crippen LogP contribution in [-0.2, 0) is 24.0 Å². The lowest BCUT2D eigenvalue weighted by molar-refractivity contribution is 0.0384. The smallest absolute Gasteiger partial charge is 0.193 e. The summed E-state index contributed by atoms with van der Waals surface area (Å²) < 4.78 is 38.2. The number of halogens is 2. The van der Waals surface area contributed by atoms with E-state index in [1.807, 2.05) is 6.07 Å². The Labute approximate surface area is 191 Å². The van der Waals surface area contributed by atoms with E-state index in [1.54, 1.807) is 18.2 Å². The summed E-state index contributed by atoms with van der Waals surface area (Å²) in [6.07, 6.45) is 2.32. The third-order valence-electron chi connectivity index (χ3n) is 6.35. The molecule has 6 heteroatoms. The van der Waals surface area contributed by atoms with Crippen molar-refractivity contribution in [2.75, 3.05) is 32.8 Å². The van der Waals surface area contributed by atoms with E-state index in [0.717, 1.165) is 80.1 Å². The molecule has 0 bridgehead atoms. The van der Waals surface area contributed by atoms with Crippen LogP contribution < -0.4 is 4.74 Å². The summed E-state index contributed by atoms with van der Waals surface area (Å²) in [5, 5.41) is 0. The van der Waals surface area contributed by atoms with Crippen LogP contribution in [0.2, 0.25) is 0 Å². The van der Waals surface area contributed by atoms with Gasteiger partial charge in [0.05, 0.1) is 13.2 Å². The summed E-state index contributed by atoms with van der Waals surface area (Å²) in [6.45, 7) is 4.40. The maximum Gasteiger partial charge on any atom is 0.193 e. The first kappa shape index (κ1) is 21.7. The molecule has 0 atom stereocenters. The van der Waals surface area contributed by atoms with Gasteiger partial charge in [0, 0.05) is 36.8 Å². The van der Waals surface area contributed by atoms with Gasteiger partial charge in [-0.3, -0.25) is 9.69 Å². The molecule has 1 fully saturated rings. The minimum Gasteiger partial charge on any atom is -0.454 e. The molecule has 1 aliphatic carbocycles. The van der Waals surface area contributed by atoms with Gasteiger partial charge in [-0.05, 0) is 72.4 Å². The van der Waals surface area contributed by atoms with E-state index in [1.165, 1.54) is 6.07 Å². The van der Waals surface area contributed by atoms with Crippen LogP contribution in [-0.4, -0.2) is 43.5 Å². The molecule has 5 rings (SSSR count). The molecule has 1 heterocycles. The van der Waals surface area contributed by atoms with E-state index in [0.29, 0.717) is 17.7 Å². The Morgan fingerprint density at radius 1 is 0.879 bits per heavy atom. The Morgan fingerprint density at radius 3 is 2.52 bits per heavy atom. The second-order valence-corrected chi connectivity index (χ2v) is 8.52. The van der Waals surface area contributed by atoms with Gasteiger partial charge in [0.25, 0.3) is 0 Å². The van der Waals surface area contributed by atoms with Crippen LogP contribution in [0.5, 0.6) is 11.5 Å². The van der Waals surface area contributed by atoms with Crippen molar-refractivity contribution in [1.29, 1.82) is 0 Å². The first-order valence-electron chi connectivity index (χ1n) is 11.3. The van der Waals surface area contributed by atoms with E-state index in [4.69, 9.17) is 9.47 Å². The molecule has 2 aliphatic rings. The summed E-state index contributed by atoms with van der Waals surface area (Å²) in [5.74, 6) is -1.05. The summed E-state index contributed by atoms with van der Waals surface area (Å²) in [4.78, 5) is 15.8. The van der Waals surface area contributed by atoms with Crippen molar-refractivity contribution in [3.8, 4) is 11.5 Å². The quantitative estimate of drug-likeness (QED) is 0.552. The third kappa shape index (κ3) is 4.82. The van der Waals surface area contributed by atoms with E-state index < -0.39 is 11.6 Å². The number of aryl methyl sites for hydroxylation is 2. The highest BCUT2D eigenvalue weighted by atomic mass is 19.1. The van der Waals surface area contributed by atoms with Crippen molar-refractivity contribution in [1.82, 2.24) is 4.90 Å². The second-order valence-electron chi connectivity index (χ2n) is 8.52. The Hall–Kier alpha value is -3.09. The number of nitrogens with zero attached hydrogens (tertiary/aromatic N) is 1. The molecule has 3 aromatic rings. The van der Waals surface area contributed by atoms with Crippen LogP contribution in [0.1, 0.15) is 32.6 Å². The Morgan fingerprint density at radius 2 is 1.70 bits per heavy atom. The van der Waals surface area contributed by atoms with Gasteiger partial charge in [0.1, 0.15) is 11.6 Å². The van der Waals surface area contributed by atoms with E-state index in [-0.39, 0.29) is 11.5 Å². The minimum absolute atomic E-state index is 0.00485. The number of carbonyl (C=O) groups excluding carboxylic acids is 1. The topological polar surface area (TPSA) is 38.8 Å². The largest absolute Gasteiger partial charge is 0.454 e. The van der Waals surface area contributed by atoms with Gasteiger partial charge >= 0.3 is 0 Å². The zero-order chi connectivity index (χ0) is 22.8. The van der Waals surface area contributed by atoms with Gasteiger partial charge in [-0.15, -0.1) is 0 Å². The fraction of sp³-hybridized carbons (Fsp3) is 0.296. The van der Waals surface area contributed by atoms with Gasteiger partial charge in [0.15, 0.2) is 17.3 Å². The molecule has 0 spiro atoms. The van der Waals surface area contributed by atoms with Crippen molar-refractivity contribution >= 4 is 5.78 Å². The molecule has 170 valence electrons. The number of ketones is 1. The molecule has 0 radical (unpaired) electrons. The highest BCUT2D eigenvalue weighted by Crippen LogP contribution is 2.31. The van der Waals surface area contributed by atoms with Crippen molar-refractivity contribution in [2.45, 2.75) is 19.3 Å². The van der Waals surface area contributed by atoms with Crippen molar-refractivity contribution < 1.29 is 23.0 Å². The molecule has 4 nitrogen and oxygen atoms in total. The normalized spacial score (nSPS) is 16.1. The number of hydrogen-bond donors (Lipinski definition) is 0. The van der Waals surface area contributed by atoms with E-state index >= 15 is 0 Å². The van der Waals surface area contributed by atoms with Crippen LogP contribution in [0.3, 0.4) is 0 Å². The zero-order valence-corrected chi connectivity index (χ0v) is 18.3. The molecule has 1 saturated heterocycles. The summed E-state index contributed by atoms with van der Waals surface area (Å²) in [5.41, 5.74) is 4.46. The third-order valence-corrected chi connectivity index (χ3v) is 6.35. The summed E-state index contributed by atoms with van der Waals surface area (Å²) in [6, 6.07) is 14.6. The predicted molar refractivity (Wildman–Crippen MR) is 121 cm³/mol. The first-order valence-corrected chi connectivity index (χ1v) is 11.3. The van der Waals surface area contributed by atoms with Crippen LogP contribution in [0.25, 0.3) is 0 Å². The maximum absolute atomic E-state index is 14.0. The number of carbonyl (C=O) groups is 1. The number of ether oxygens (including phenoxy) is 2. The first-order chi connectivity index (χ1) is 16.1. The SMILES string of the molecule is O=C1c2ccc(Oc3ccc(F)cc3F)cc2CCc2ccc(CCN3CCOCC3)cc21. The van der Waals surface area contributed by atoms with Crippen molar-refractivity contribution in [3.63, 3.8) is 0 Å². The molecule has 0 aromatic heterocycles. The van der Waals surface area contributed by atoms with Gasteiger partial charge in [-0.2, -0.15) is 0 Å². The van der Waals surface area contributed by atoms with Crippen LogP contribution in [0, 0.1) is 11.6 Å². The number of morpholine rings is 1. The highest BCUT2D eigenvalue weighted by Gasteiger charge is 2.22. The Bertz CT molecular complexity index is 1190. The molecular formula is C27H25F2NO3. The molecule has 0 unspecified atom stereocenters. The number of hydrogen-bond acceptors (Lipinski definition) is 4. The molecule has 0 amide bonds. The van der Waals surface area contributed by atoms with Crippen LogP contribution in [0.15, 0.2) is 54.6 Å². The van der Waals surface area contributed by atoms with E-state index in [2.05, 4.69) is 17.0 Å². The lowest BCUT2D eigenvalue weighted by atomic mass is 9.96. The predicted octanol–water partition coefficient (Wildman–Crippen LogP) is 4.96. The average Bonchev–Trinajstić information content (AvgIpc) is 2.96. The average molecular weight is 449 g/mol. The molecule has 0 saturated carbocycles. The molecule has 0 N–H and O–H groups in total. The molecular weight excluding hydrogens is 424 g/mol. The summed E-state index contributed by atoms with van der Waals surface area (Å²) in [7, 11) is 0. The van der Waals surface area contributed by atoms with Crippen LogP contribution in [0.4, 0.5) is 8.78 Å². The number of benzene rings is 3. The fourth-order valence-electron chi connectivity index (χ4n) is 4.48. The molecule has 33 heavy (non-hydrogen) atoms. The van der Waals surface area contributed by atoms with Crippen LogP contribution >= 0.6 is 0 Å². The second kappa shape index (κ2) is 9.41. The highest BCUT2D eigenvalue weighted by molar-refractivity contribution is 6.11. The van der Waals surface area contributed by atoms with Gasteiger partial charge in [0.2, 0.25) is 0 Å². The molecule has 1 aliphatic heterocycles.